The zero-order valence-electron chi connectivity index (χ0n) is 11.6. The molecule has 1 amide bonds. The zero-order valence-corrected chi connectivity index (χ0v) is 11.6. The van der Waals surface area contributed by atoms with Crippen molar-refractivity contribution in [2.24, 2.45) is 0 Å². The molecule has 110 valence electrons. The second-order valence-corrected chi connectivity index (χ2v) is 5.42. The molecule has 0 saturated heterocycles. The third kappa shape index (κ3) is 2.53. The Balaban J connectivity index is 2.36. The van der Waals surface area contributed by atoms with Gasteiger partial charge in [0.25, 0.3) is 0 Å². The Bertz CT molecular complexity index is 512. The lowest BCUT2D eigenvalue weighted by Crippen LogP contribution is -2.39. The van der Waals surface area contributed by atoms with E-state index in [2.05, 4.69) is 0 Å². The molecule has 1 aromatic rings. The van der Waals surface area contributed by atoms with Crippen molar-refractivity contribution in [3.8, 4) is 0 Å². The molecule has 0 saturated carbocycles. The Hall–Kier alpha value is -1.52. The van der Waals surface area contributed by atoms with Gasteiger partial charge in [0, 0.05) is 18.7 Å². The number of carbonyl (C=O) groups excluding carboxylic acids is 1. The number of anilines is 1. The molecule has 2 rings (SSSR count). The summed E-state index contributed by atoms with van der Waals surface area (Å²) in [7, 11) is 0. The first-order valence-electron chi connectivity index (χ1n) is 6.78. The summed E-state index contributed by atoms with van der Waals surface area (Å²) in [6.07, 6.45) is -4.61. The highest BCUT2D eigenvalue weighted by atomic mass is 19.4. The Morgan fingerprint density at radius 1 is 1.25 bits per heavy atom. The van der Waals surface area contributed by atoms with Crippen molar-refractivity contribution in [1.29, 1.82) is 0 Å². The number of nitrogens with zero attached hydrogens (tertiary/aromatic N) is 1. The van der Waals surface area contributed by atoms with Crippen LogP contribution in [0.1, 0.15) is 38.7 Å². The Labute approximate surface area is 116 Å². The molecule has 0 fully saturated rings. The van der Waals surface area contributed by atoms with Crippen molar-refractivity contribution in [2.45, 2.75) is 44.7 Å². The Morgan fingerprint density at radius 2 is 1.90 bits per heavy atom. The van der Waals surface area contributed by atoms with Crippen molar-refractivity contribution in [3.05, 3.63) is 29.8 Å². The number of hydrogen-bond donors (Lipinski definition) is 0. The van der Waals surface area contributed by atoms with Crippen LogP contribution in [0.25, 0.3) is 0 Å². The summed E-state index contributed by atoms with van der Waals surface area (Å²) in [5.74, 6) is -0.218. The molecule has 0 bridgehead atoms. The third-order valence-electron chi connectivity index (χ3n) is 3.86. The number of rotatable bonds is 4. The molecule has 0 spiro atoms. The minimum absolute atomic E-state index is 0.202. The van der Waals surface area contributed by atoms with Gasteiger partial charge < -0.3 is 4.90 Å². The summed E-state index contributed by atoms with van der Waals surface area (Å²) in [6, 6.07) is 7.15. The number of hydrogen-bond acceptors (Lipinski definition) is 1. The van der Waals surface area contributed by atoms with Gasteiger partial charge in [0.2, 0.25) is 5.91 Å². The number of benzene rings is 1. The van der Waals surface area contributed by atoms with E-state index in [1.165, 1.54) is 0 Å². The molecule has 1 atom stereocenters. The van der Waals surface area contributed by atoms with Crippen LogP contribution in [0.5, 0.6) is 0 Å². The van der Waals surface area contributed by atoms with Crippen molar-refractivity contribution in [1.82, 2.24) is 0 Å². The lowest BCUT2D eigenvalue weighted by atomic mass is 9.79. The average molecular weight is 285 g/mol. The van der Waals surface area contributed by atoms with E-state index in [0.29, 0.717) is 12.1 Å². The maximum absolute atomic E-state index is 12.5. The van der Waals surface area contributed by atoms with Gasteiger partial charge in [-0.2, -0.15) is 13.2 Å². The van der Waals surface area contributed by atoms with Gasteiger partial charge in [-0.3, -0.25) is 4.79 Å². The highest BCUT2D eigenvalue weighted by Gasteiger charge is 2.48. The van der Waals surface area contributed by atoms with E-state index < -0.39 is 18.0 Å². The lowest BCUT2D eigenvalue weighted by molar-refractivity contribution is -0.141. The van der Waals surface area contributed by atoms with Crippen LogP contribution in [0.3, 0.4) is 0 Å². The number of fused-ring (bicyclic) bond motifs is 1. The number of para-hydroxylation sites is 1. The standard InChI is InChI=1S/C15H18F3NO/c1-3-10-19-12-7-5-4-6-11(12)14(2,13(19)20)8-9-15(16,17)18/h4-7H,3,8-10H2,1-2H3. The van der Waals surface area contributed by atoms with Crippen LogP contribution in [0.15, 0.2) is 24.3 Å². The van der Waals surface area contributed by atoms with Gasteiger partial charge >= 0.3 is 6.18 Å². The maximum Gasteiger partial charge on any atom is 0.389 e. The summed E-state index contributed by atoms with van der Waals surface area (Å²) >= 11 is 0. The summed E-state index contributed by atoms with van der Waals surface area (Å²) in [6.45, 7) is 4.11. The quantitative estimate of drug-likeness (QED) is 0.817. The van der Waals surface area contributed by atoms with Crippen molar-refractivity contribution < 1.29 is 18.0 Å². The van der Waals surface area contributed by atoms with E-state index >= 15 is 0 Å². The first-order valence-corrected chi connectivity index (χ1v) is 6.78. The van der Waals surface area contributed by atoms with Crippen LogP contribution in [-0.4, -0.2) is 18.6 Å². The van der Waals surface area contributed by atoms with E-state index in [1.54, 1.807) is 24.0 Å². The fraction of sp³-hybridized carbons (Fsp3) is 0.533. The molecule has 1 aliphatic heterocycles. The van der Waals surface area contributed by atoms with Crippen molar-refractivity contribution >= 4 is 11.6 Å². The molecule has 20 heavy (non-hydrogen) atoms. The second-order valence-electron chi connectivity index (χ2n) is 5.42. The van der Waals surface area contributed by atoms with E-state index in [9.17, 15) is 18.0 Å². The van der Waals surface area contributed by atoms with Gasteiger partial charge in [-0.05, 0) is 31.4 Å². The molecule has 1 heterocycles. The topological polar surface area (TPSA) is 20.3 Å². The van der Waals surface area contributed by atoms with Crippen LogP contribution in [0.4, 0.5) is 18.9 Å². The molecule has 2 nitrogen and oxygen atoms in total. The summed E-state index contributed by atoms with van der Waals surface area (Å²) in [5.41, 5.74) is 0.396. The summed E-state index contributed by atoms with van der Waals surface area (Å²) in [5, 5.41) is 0. The molecular formula is C15H18F3NO. The SMILES string of the molecule is CCCN1C(=O)C(C)(CCC(F)(F)F)c2ccccc21. The van der Waals surface area contributed by atoms with E-state index in [4.69, 9.17) is 0 Å². The minimum atomic E-state index is -4.24. The summed E-state index contributed by atoms with van der Waals surface area (Å²) < 4.78 is 37.5. The average Bonchev–Trinajstić information content (AvgIpc) is 2.60. The van der Waals surface area contributed by atoms with Gasteiger partial charge in [-0.15, -0.1) is 0 Å². The normalized spacial score (nSPS) is 22.2. The second kappa shape index (κ2) is 5.11. The van der Waals surface area contributed by atoms with Gasteiger partial charge in [-0.25, -0.2) is 0 Å². The maximum atomic E-state index is 12.5. The zero-order chi connectivity index (χ0) is 15.0. The van der Waals surface area contributed by atoms with Crippen LogP contribution < -0.4 is 4.90 Å². The highest BCUT2D eigenvalue weighted by molar-refractivity contribution is 6.07. The molecule has 0 radical (unpaired) electrons. The number of halogens is 3. The van der Waals surface area contributed by atoms with Crippen molar-refractivity contribution in [2.75, 3.05) is 11.4 Å². The fourth-order valence-corrected chi connectivity index (χ4v) is 2.78. The number of carbonyl (C=O) groups is 1. The van der Waals surface area contributed by atoms with Crippen LogP contribution in [-0.2, 0) is 10.2 Å². The monoisotopic (exact) mass is 285 g/mol. The largest absolute Gasteiger partial charge is 0.389 e. The Kier molecular flexibility index (Phi) is 3.80. The van der Waals surface area contributed by atoms with E-state index in [1.807, 2.05) is 19.1 Å². The molecule has 0 N–H and O–H groups in total. The first-order chi connectivity index (χ1) is 9.29. The summed E-state index contributed by atoms with van der Waals surface area (Å²) in [4.78, 5) is 14.2. The molecule has 1 aliphatic rings. The predicted octanol–water partition coefficient (Wildman–Crippen LogP) is 4.04. The third-order valence-corrected chi connectivity index (χ3v) is 3.86. The van der Waals surface area contributed by atoms with Crippen molar-refractivity contribution in [3.63, 3.8) is 0 Å². The number of amides is 1. The predicted molar refractivity (Wildman–Crippen MR) is 71.7 cm³/mol. The van der Waals surface area contributed by atoms with Gasteiger partial charge in [0.05, 0.1) is 5.41 Å². The highest BCUT2D eigenvalue weighted by Crippen LogP contribution is 2.45. The molecule has 0 aromatic heterocycles. The number of alkyl halides is 3. The molecule has 0 aliphatic carbocycles. The molecule has 1 aromatic carbocycles. The van der Waals surface area contributed by atoms with Gasteiger partial charge in [0.15, 0.2) is 0 Å². The molecule has 5 heteroatoms. The molecule has 1 unspecified atom stereocenters. The van der Waals surface area contributed by atoms with E-state index in [0.717, 1.165) is 12.1 Å². The van der Waals surface area contributed by atoms with Crippen LogP contribution >= 0.6 is 0 Å². The smallest absolute Gasteiger partial charge is 0.311 e. The van der Waals surface area contributed by atoms with E-state index in [-0.39, 0.29) is 12.3 Å². The minimum Gasteiger partial charge on any atom is -0.311 e. The van der Waals surface area contributed by atoms with Crippen LogP contribution in [0.2, 0.25) is 0 Å². The molecular weight excluding hydrogens is 267 g/mol. The fourth-order valence-electron chi connectivity index (χ4n) is 2.78. The first kappa shape index (κ1) is 14.9. The van der Waals surface area contributed by atoms with Crippen LogP contribution in [0, 0.1) is 0 Å². The lowest BCUT2D eigenvalue weighted by Gasteiger charge is -2.24. The van der Waals surface area contributed by atoms with Gasteiger partial charge in [0.1, 0.15) is 0 Å². The van der Waals surface area contributed by atoms with Gasteiger partial charge in [-0.1, -0.05) is 25.1 Å². The Morgan fingerprint density at radius 3 is 2.50 bits per heavy atom.